The topological polar surface area (TPSA) is 24.1 Å². The molecule has 0 amide bonds. The van der Waals surface area contributed by atoms with Gasteiger partial charge in [-0.2, -0.15) is 0 Å². The molecular formula is C8H10N2S. The molecule has 1 aliphatic rings. The summed E-state index contributed by atoms with van der Waals surface area (Å²) in [5, 5.41) is 6.45. The van der Waals surface area contributed by atoms with Gasteiger partial charge in [-0.25, -0.2) is 0 Å². The van der Waals surface area contributed by atoms with E-state index in [0.717, 1.165) is 11.4 Å². The average Bonchev–Trinajstić information content (AvgIpc) is 2.21. The molecule has 1 aliphatic heterocycles. The van der Waals surface area contributed by atoms with E-state index in [1.807, 2.05) is 31.2 Å². The van der Waals surface area contributed by atoms with Crippen molar-refractivity contribution in [1.82, 2.24) is 0 Å². The van der Waals surface area contributed by atoms with Crippen molar-refractivity contribution < 1.29 is 0 Å². The lowest BCUT2D eigenvalue weighted by Crippen LogP contribution is -2.30. The molecule has 1 heterocycles. The molecule has 11 heavy (non-hydrogen) atoms. The van der Waals surface area contributed by atoms with Gasteiger partial charge in [0.25, 0.3) is 0 Å². The summed E-state index contributed by atoms with van der Waals surface area (Å²) in [6, 6.07) is 8.07. The van der Waals surface area contributed by atoms with Crippen molar-refractivity contribution in [3.63, 3.8) is 0 Å². The van der Waals surface area contributed by atoms with Crippen molar-refractivity contribution in [1.29, 1.82) is 0 Å². The third-order valence-corrected chi connectivity index (χ3v) is 1.91. The second kappa shape index (κ2) is 2.08. The SMILES string of the molecule is CC1(S)Nc2ccccc2N1. The zero-order valence-corrected chi connectivity index (χ0v) is 7.15. The quantitative estimate of drug-likeness (QED) is 0.514. The van der Waals surface area contributed by atoms with E-state index in [1.165, 1.54) is 0 Å². The molecule has 0 aromatic heterocycles. The first-order chi connectivity index (χ1) is 5.17. The predicted molar refractivity (Wildman–Crippen MR) is 51.1 cm³/mol. The summed E-state index contributed by atoms with van der Waals surface area (Å²) in [4.78, 5) is -0.302. The smallest absolute Gasteiger partial charge is 0.151 e. The lowest BCUT2D eigenvalue weighted by atomic mass is 10.3. The highest BCUT2D eigenvalue weighted by Gasteiger charge is 2.26. The van der Waals surface area contributed by atoms with Crippen molar-refractivity contribution in [3.8, 4) is 0 Å². The molecular weight excluding hydrogens is 156 g/mol. The van der Waals surface area contributed by atoms with Crippen LogP contribution in [0.2, 0.25) is 0 Å². The van der Waals surface area contributed by atoms with Gasteiger partial charge in [-0.15, -0.1) is 12.6 Å². The van der Waals surface area contributed by atoms with Crippen LogP contribution in [0.5, 0.6) is 0 Å². The van der Waals surface area contributed by atoms with E-state index in [9.17, 15) is 0 Å². The van der Waals surface area contributed by atoms with Crippen LogP contribution in [0, 0.1) is 0 Å². The van der Waals surface area contributed by atoms with E-state index >= 15 is 0 Å². The summed E-state index contributed by atoms with van der Waals surface area (Å²) in [5.41, 5.74) is 2.23. The average molecular weight is 166 g/mol. The van der Waals surface area contributed by atoms with Gasteiger partial charge in [0.15, 0.2) is 4.99 Å². The van der Waals surface area contributed by atoms with Crippen LogP contribution in [0.4, 0.5) is 11.4 Å². The van der Waals surface area contributed by atoms with Crippen molar-refractivity contribution in [2.75, 3.05) is 10.6 Å². The molecule has 2 rings (SSSR count). The molecule has 0 unspecified atom stereocenters. The van der Waals surface area contributed by atoms with Crippen LogP contribution in [0.15, 0.2) is 24.3 Å². The maximum Gasteiger partial charge on any atom is 0.151 e. The Morgan fingerprint density at radius 2 is 1.64 bits per heavy atom. The summed E-state index contributed by atoms with van der Waals surface area (Å²) in [6.07, 6.45) is 0. The fraction of sp³-hybridized carbons (Fsp3) is 0.250. The lowest BCUT2D eigenvalue weighted by Gasteiger charge is -2.17. The van der Waals surface area contributed by atoms with Gasteiger partial charge >= 0.3 is 0 Å². The first-order valence-corrected chi connectivity index (χ1v) is 4.00. The molecule has 58 valence electrons. The molecule has 0 bridgehead atoms. The van der Waals surface area contributed by atoms with Crippen LogP contribution in [0.1, 0.15) is 6.92 Å². The third-order valence-electron chi connectivity index (χ3n) is 1.68. The van der Waals surface area contributed by atoms with E-state index in [-0.39, 0.29) is 4.99 Å². The highest BCUT2D eigenvalue weighted by molar-refractivity contribution is 7.82. The van der Waals surface area contributed by atoms with Crippen molar-refractivity contribution in [3.05, 3.63) is 24.3 Å². The van der Waals surface area contributed by atoms with Gasteiger partial charge in [-0.3, -0.25) is 0 Å². The molecule has 1 aromatic carbocycles. The molecule has 2 N–H and O–H groups in total. The van der Waals surface area contributed by atoms with E-state index < -0.39 is 0 Å². The van der Waals surface area contributed by atoms with Crippen LogP contribution in [-0.4, -0.2) is 4.99 Å². The zero-order valence-electron chi connectivity index (χ0n) is 6.26. The van der Waals surface area contributed by atoms with Crippen LogP contribution >= 0.6 is 12.6 Å². The Hall–Kier alpha value is -0.830. The first-order valence-electron chi connectivity index (χ1n) is 3.55. The molecule has 3 heteroatoms. The van der Waals surface area contributed by atoms with E-state index in [0.29, 0.717) is 0 Å². The number of fused-ring (bicyclic) bond motifs is 1. The van der Waals surface area contributed by atoms with E-state index in [2.05, 4.69) is 23.3 Å². The fourth-order valence-electron chi connectivity index (χ4n) is 1.26. The third kappa shape index (κ3) is 1.16. The standard InChI is InChI=1S/C8H10N2S/c1-8(11)9-6-4-2-3-5-7(6)10-8/h2-5,9-11H,1H3. The predicted octanol–water partition coefficient (Wildman–Crippen LogP) is 2.13. The fourth-order valence-corrected chi connectivity index (χ4v) is 1.50. The molecule has 0 spiro atoms. The second-order valence-electron chi connectivity index (χ2n) is 2.87. The van der Waals surface area contributed by atoms with E-state index in [1.54, 1.807) is 0 Å². The molecule has 0 saturated heterocycles. The van der Waals surface area contributed by atoms with Crippen molar-refractivity contribution >= 4 is 24.0 Å². The van der Waals surface area contributed by atoms with Gasteiger partial charge in [0.05, 0.1) is 11.4 Å². The van der Waals surface area contributed by atoms with Crippen LogP contribution < -0.4 is 10.6 Å². The number of anilines is 2. The molecule has 1 aromatic rings. The van der Waals surface area contributed by atoms with Gasteiger partial charge in [0, 0.05) is 0 Å². The molecule has 0 atom stereocenters. The van der Waals surface area contributed by atoms with Crippen LogP contribution in [0.25, 0.3) is 0 Å². The Balaban J connectivity index is 2.41. The maximum absolute atomic E-state index is 4.37. The first kappa shape index (κ1) is 6.85. The van der Waals surface area contributed by atoms with Gasteiger partial charge < -0.3 is 10.6 Å². The normalized spacial score (nSPS) is 18.4. The molecule has 0 saturated carbocycles. The summed E-state index contributed by atoms with van der Waals surface area (Å²) >= 11 is 4.37. The Kier molecular flexibility index (Phi) is 1.29. The summed E-state index contributed by atoms with van der Waals surface area (Å²) < 4.78 is 0. The minimum Gasteiger partial charge on any atom is -0.353 e. The highest BCUT2D eigenvalue weighted by atomic mass is 32.1. The van der Waals surface area contributed by atoms with Crippen LogP contribution in [-0.2, 0) is 0 Å². The minimum atomic E-state index is -0.302. The molecule has 0 aliphatic carbocycles. The molecule has 0 fully saturated rings. The summed E-state index contributed by atoms with van der Waals surface area (Å²) in [6.45, 7) is 1.98. The highest BCUT2D eigenvalue weighted by Crippen LogP contribution is 2.34. The second-order valence-corrected chi connectivity index (χ2v) is 3.76. The Bertz CT molecular complexity index is 256. The summed E-state index contributed by atoms with van der Waals surface area (Å²) in [7, 11) is 0. The largest absolute Gasteiger partial charge is 0.353 e. The number of hydrogen-bond donors (Lipinski definition) is 3. The van der Waals surface area contributed by atoms with Gasteiger partial charge in [0.1, 0.15) is 0 Å². The zero-order chi connectivity index (χ0) is 7.90. The Labute approximate surface area is 71.4 Å². The lowest BCUT2D eigenvalue weighted by molar-refractivity contribution is 0.884. The van der Waals surface area contributed by atoms with Crippen molar-refractivity contribution in [2.45, 2.75) is 11.9 Å². The maximum atomic E-state index is 4.37. The monoisotopic (exact) mass is 166 g/mol. The number of benzene rings is 1. The number of nitrogens with one attached hydrogen (secondary N) is 2. The number of rotatable bonds is 0. The molecule has 2 nitrogen and oxygen atoms in total. The van der Waals surface area contributed by atoms with E-state index in [4.69, 9.17) is 0 Å². The van der Waals surface area contributed by atoms with Gasteiger partial charge in [-0.1, -0.05) is 12.1 Å². The van der Waals surface area contributed by atoms with Gasteiger partial charge in [-0.05, 0) is 19.1 Å². The van der Waals surface area contributed by atoms with Gasteiger partial charge in [0.2, 0.25) is 0 Å². The summed E-state index contributed by atoms with van der Waals surface area (Å²) in [5.74, 6) is 0. The number of thiol groups is 1. The Morgan fingerprint density at radius 1 is 1.18 bits per heavy atom. The molecule has 0 radical (unpaired) electrons. The van der Waals surface area contributed by atoms with Crippen molar-refractivity contribution in [2.24, 2.45) is 0 Å². The minimum absolute atomic E-state index is 0.302. The number of para-hydroxylation sites is 2. The number of hydrogen-bond acceptors (Lipinski definition) is 3. The van der Waals surface area contributed by atoms with Crippen LogP contribution in [0.3, 0.4) is 0 Å². The Morgan fingerprint density at radius 3 is 2.09 bits per heavy atom.